The lowest BCUT2D eigenvalue weighted by atomic mass is 10.0. The Morgan fingerprint density at radius 3 is 2.41 bits per heavy atom. The average molecular weight is 238 g/mol. The van der Waals surface area contributed by atoms with Crippen molar-refractivity contribution in [1.82, 2.24) is 0 Å². The molecular formula is C13H18O4. The summed E-state index contributed by atoms with van der Waals surface area (Å²) in [6.45, 7) is 3.90. The van der Waals surface area contributed by atoms with Crippen molar-refractivity contribution in [2.75, 3.05) is 6.61 Å². The Hall–Kier alpha value is -1.39. The number of rotatable bonds is 5. The molecule has 2 atom stereocenters. The first kappa shape index (κ1) is 13.7. The molecule has 4 nitrogen and oxygen atoms in total. The predicted octanol–water partition coefficient (Wildman–Crippen LogP) is 1.34. The van der Waals surface area contributed by atoms with E-state index in [1.54, 1.807) is 19.1 Å². The van der Waals surface area contributed by atoms with E-state index >= 15 is 0 Å². The van der Waals surface area contributed by atoms with Crippen LogP contribution in [-0.2, 0) is 9.53 Å². The van der Waals surface area contributed by atoms with Crippen molar-refractivity contribution in [3.8, 4) is 0 Å². The Kier molecular flexibility index (Phi) is 5.12. The minimum Gasteiger partial charge on any atom is -0.466 e. The monoisotopic (exact) mass is 238 g/mol. The summed E-state index contributed by atoms with van der Waals surface area (Å²) in [6, 6.07) is 7.15. The summed E-state index contributed by atoms with van der Waals surface area (Å²) in [4.78, 5) is 11.2. The first-order chi connectivity index (χ1) is 8.04. The number of ether oxygens (including phenoxy) is 1. The van der Waals surface area contributed by atoms with Crippen LogP contribution >= 0.6 is 0 Å². The lowest BCUT2D eigenvalue weighted by Crippen LogP contribution is -2.23. The Morgan fingerprint density at radius 2 is 1.88 bits per heavy atom. The van der Waals surface area contributed by atoms with E-state index in [9.17, 15) is 15.0 Å². The molecule has 0 fully saturated rings. The highest BCUT2D eigenvalue weighted by atomic mass is 16.5. The molecule has 0 radical (unpaired) electrons. The fourth-order valence-corrected chi connectivity index (χ4v) is 1.49. The molecule has 94 valence electrons. The van der Waals surface area contributed by atoms with Crippen LogP contribution in [0.5, 0.6) is 0 Å². The van der Waals surface area contributed by atoms with E-state index in [4.69, 9.17) is 4.74 Å². The van der Waals surface area contributed by atoms with Gasteiger partial charge in [0.25, 0.3) is 0 Å². The molecule has 2 N–H and O–H groups in total. The van der Waals surface area contributed by atoms with Crippen molar-refractivity contribution >= 4 is 5.97 Å². The maximum Gasteiger partial charge on any atom is 0.308 e. The van der Waals surface area contributed by atoms with Gasteiger partial charge < -0.3 is 14.9 Å². The molecule has 0 bridgehead atoms. The summed E-state index contributed by atoms with van der Waals surface area (Å²) in [5, 5.41) is 19.5. The van der Waals surface area contributed by atoms with Crippen LogP contribution in [0.25, 0.3) is 0 Å². The number of hydrogen-bond donors (Lipinski definition) is 2. The first-order valence-electron chi connectivity index (χ1n) is 5.63. The van der Waals surface area contributed by atoms with Crippen LogP contribution in [0.4, 0.5) is 0 Å². The van der Waals surface area contributed by atoms with Crippen LogP contribution in [0.2, 0.25) is 0 Å². The smallest absolute Gasteiger partial charge is 0.308 e. The van der Waals surface area contributed by atoms with E-state index in [0.29, 0.717) is 5.56 Å². The Bertz CT molecular complexity index is 358. The first-order valence-corrected chi connectivity index (χ1v) is 5.63. The quantitative estimate of drug-likeness (QED) is 0.760. The van der Waals surface area contributed by atoms with E-state index in [0.717, 1.165) is 5.56 Å². The molecule has 1 aromatic carbocycles. The second-order valence-electron chi connectivity index (χ2n) is 3.93. The van der Waals surface area contributed by atoms with Crippen molar-refractivity contribution in [1.29, 1.82) is 0 Å². The van der Waals surface area contributed by atoms with Gasteiger partial charge in [-0.25, -0.2) is 0 Å². The maximum atomic E-state index is 11.2. The van der Waals surface area contributed by atoms with Crippen molar-refractivity contribution < 1.29 is 19.7 Å². The Morgan fingerprint density at radius 1 is 1.29 bits per heavy atom. The number of aryl methyl sites for hydroxylation is 1. The van der Waals surface area contributed by atoms with Gasteiger partial charge in [-0.15, -0.1) is 0 Å². The van der Waals surface area contributed by atoms with Crippen molar-refractivity contribution in [2.45, 2.75) is 32.5 Å². The van der Waals surface area contributed by atoms with Gasteiger partial charge in [-0.05, 0) is 19.4 Å². The maximum absolute atomic E-state index is 11.2. The van der Waals surface area contributed by atoms with Gasteiger partial charge in [0.05, 0.1) is 19.1 Å². The highest BCUT2D eigenvalue weighted by Gasteiger charge is 2.21. The van der Waals surface area contributed by atoms with Gasteiger partial charge in [-0.3, -0.25) is 4.79 Å². The molecule has 0 aromatic heterocycles. The Balaban J connectivity index is 2.60. The van der Waals surface area contributed by atoms with Crippen LogP contribution in [-0.4, -0.2) is 28.9 Å². The molecule has 0 aliphatic rings. The molecule has 0 aliphatic heterocycles. The van der Waals surface area contributed by atoms with Gasteiger partial charge in [0, 0.05) is 0 Å². The number of benzene rings is 1. The van der Waals surface area contributed by atoms with Crippen LogP contribution in [0.15, 0.2) is 24.3 Å². The zero-order chi connectivity index (χ0) is 12.8. The van der Waals surface area contributed by atoms with Crippen LogP contribution in [0, 0.1) is 6.92 Å². The second kappa shape index (κ2) is 6.37. The molecule has 4 heteroatoms. The fourth-order valence-electron chi connectivity index (χ4n) is 1.49. The summed E-state index contributed by atoms with van der Waals surface area (Å²) < 4.78 is 4.71. The second-order valence-corrected chi connectivity index (χ2v) is 3.93. The van der Waals surface area contributed by atoms with Crippen LogP contribution < -0.4 is 0 Å². The number of carbonyl (C=O) groups is 1. The third kappa shape index (κ3) is 4.17. The molecule has 17 heavy (non-hydrogen) atoms. The molecule has 0 saturated heterocycles. The van der Waals surface area contributed by atoms with Gasteiger partial charge >= 0.3 is 5.97 Å². The molecule has 0 spiro atoms. The lowest BCUT2D eigenvalue weighted by molar-refractivity contribution is -0.147. The fraction of sp³-hybridized carbons (Fsp3) is 0.462. The normalized spacial score (nSPS) is 14.1. The summed E-state index contributed by atoms with van der Waals surface area (Å²) in [5.41, 5.74) is 1.66. The molecular weight excluding hydrogens is 220 g/mol. The molecule has 1 rings (SSSR count). The van der Waals surface area contributed by atoms with E-state index in [-0.39, 0.29) is 13.0 Å². The number of carbonyl (C=O) groups excluding carboxylic acids is 1. The minimum atomic E-state index is -1.14. The summed E-state index contributed by atoms with van der Waals surface area (Å²) in [7, 11) is 0. The molecule has 0 saturated carbocycles. The van der Waals surface area contributed by atoms with Crippen molar-refractivity contribution in [3.05, 3.63) is 35.4 Å². The van der Waals surface area contributed by atoms with Gasteiger partial charge in [-0.1, -0.05) is 29.8 Å². The van der Waals surface area contributed by atoms with Gasteiger partial charge in [0.1, 0.15) is 6.10 Å². The van der Waals surface area contributed by atoms with Crippen LogP contribution in [0.1, 0.15) is 30.6 Å². The standard InChI is InChI=1S/C13H18O4/c1-3-17-12(15)8-11(14)13(16)10-6-4-9(2)5-7-10/h4-7,11,13-14,16H,3,8H2,1-2H3. The van der Waals surface area contributed by atoms with E-state index < -0.39 is 18.2 Å². The molecule has 0 aliphatic carbocycles. The highest BCUT2D eigenvalue weighted by Crippen LogP contribution is 2.19. The molecule has 0 heterocycles. The predicted molar refractivity (Wildman–Crippen MR) is 63.4 cm³/mol. The highest BCUT2D eigenvalue weighted by molar-refractivity contribution is 5.70. The van der Waals surface area contributed by atoms with Gasteiger partial charge in [0.2, 0.25) is 0 Å². The van der Waals surface area contributed by atoms with E-state index in [1.807, 2.05) is 19.1 Å². The number of esters is 1. The number of aliphatic hydroxyl groups excluding tert-OH is 2. The lowest BCUT2D eigenvalue weighted by Gasteiger charge is -2.17. The minimum absolute atomic E-state index is 0.205. The zero-order valence-electron chi connectivity index (χ0n) is 10.1. The van der Waals surface area contributed by atoms with Crippen LogP contribution in [0.3, 0.4) is 0 Å². The zero-order valence-corrected chi connectivity index (χ0v) is 10.1. The van der Waals surface area contributed by atoms with Gasteiger partial charge in [0.15, 0.2) is 0 Å². The topological polar surface area (TPSA) is 66.8 Å². The van der Waals surface area contributed by atoms with E-state index in [2.05, 4.69) is 0 Å². The SMILES string of the molecule is CCOC(=O)CC(O)C(O)c1ccc(C)cc1. The molecule has 0 amide bonds. The molecule has 2 unspecified atom stereocenters. The molecule has 1 aromatic rings. The van der Waals surface area contributed by atoms with E-state index in [1.165, 1.54) is 0 Å². The number of hydrogen-bond acceptors (Lipinski definition) is 4. The summed E-state index contributed by atoms with van der Waals surface area (Å²) in [5.74, 6) is -0.508. The third-order valence-corrected chi connectivity index (χ3v) is 2.46. The largest absolute Gasteiger partial charge is 0.466 e. The summed E-state index contributed by atoms with van der Waals surface area (Å²) >= 11 is 0. The Labute approximate surface area is 101 Å². The third-order valence-electron chi connectivity index (χ3n) is 2.46. The number of aliphatic hydroxyl groups is 2. The summed E-state index contributed by atoms with van der Waals surface area (Å²) in [6.07, 6.45) is -2.42. The van der Waals surface area contributed by atoms with Gasteiger partial charge in [-0.2, -0.15) is 0 Å². The van der Waals surface area contributed by atoms with Crippen molar-refractivity contribution in [2.24, 2.45) is 0 Å². The van der Waals surface area contributed by atoms with Crippen molar-refractivity contribution in [3.63, 3.8) is 0 Å². The average Bonchev–Trinajstić information content (AvgIpc) is 2.29.